The van der Waals surface area contributed by atoms with E-state index in [1.807, 2.05) is 6.21 Å². The number of fused-ring (bicyclic) bond motifs is 4. The van der Waals surface area contributed by atoms with Crippen molar-refractivity contribution >= 4 is 28.4 Å². The summed E-state index contributed by atoms with van der Waals surface area (Å²) in [5.74, 6) is 1.92. The highest BCUT2D eigenvalue weighted by molar-refractivity contribution is 6.03. The highest BCUT2D eigenvalue weighted by Crippen LogP contribution is 2.49. The van der Waals surface area contributed by atoms with Gasteiger partial charge in [0, 0.05) is 23.4 Å². The van der Waals surface area contributed by atoms with E-state index in [0.717, 1.165) is 35.2 Å². The van der Waals surface area contributed by atoms with E-state index < -0.39 is 0 Å². The van der Waals surface area contributed by atoms with Gasteiger partial charge in [-0.2, -0.15) is 0 Å². The van der Waals surface area contributed by atoms with Gasteiger partial charge in [-0.3, -0.25) is 4.99 Å². The van der Waals surface area contributed by atoms with Gasteiger partial charge in [-0.25, -0.2) is 0 Å². The second-order valence-corrected chi connectivity index (χ2v) is 9.46. The summed E-state index contributed by atoms with van der Waals surface area (Å²) in [6.45, 7) is 2.82. The first-order chi connectivity index (χ1) is 17.3. The number of hydrogen-bond donors (Lipinski definition) is 1. The first kappa shape index (κ1) is 21.7. The number of aliphatic imine (C=N–C) groups is 1. The molecule has 1 aliphatic heterocycles. The summed E-state index contributed by atoms with van der Waals surface area (Å²) in [6.07, 6.45) is 8.76. The molecule has 0 unspecified atom stereocenters. The van der Waals surface area contributed by atoms with Crippen LogP contribution in [0.2, 0.25) is 0 Å². The number of rotatable bonds is 6. The molecule has 0 amide bonds. The Balaban J connectivity index is 1.28. The second kappa shape index (κ2) is 9.42. The third-order valence-electron chi connectivity index (χ3n) is 7.26. The fraction of sp³-hybridized carbons (Fsp3) is 0.219. The van der Waals surface area contributed by atoms with E-state index >= 15 is 0 Å². The number of benzene rings is 4. The van der Waals surface area contributed by atoms with E-state index in [2.05, 4.69) is 109 Å². The van der Waals surface area contributed by atoms with Crippen molar-refractivity contribution in [2.75, 3.05) is 11.9 Å². The summed E-state index contributed by atoms with van der Waals surface area (Å²) in [6, 6.07) is 30.3. The Labute approximate surface area is 207 Å². The molecule has 2 aliphatic rings. The SMILES string of the molecule is CCCOc1ccc2ccccc2c1C=Nc1ccc([C@@H]2Nc3ccccc3[C@H]3C=CC[C@H]32)cc1. The van der Waals surface area contributed by atoms with Gasteiger partial charge >= 0.3 is 0 Å². The normalized spacial score (nSPS) is 20.5. The largest absolute Gasteiger partial charge is 0.493 e. The molecule has 0 fully saturated rings. The van der Waals surface area contributed by atoms with E-state index in [1.54, 1.807) is 0 Å². The molecule has 3 atom stereocenters. The third kappa shape index (κ3) is 4.12. The van der Waals surface area contributed by atoms with Gasteiger partial charge in [0.1, 0.15) is 5.75 Å². The standard InChI is InChI=1S/C32H30N2O/c1-2-20-35-31-19-16-22-8-3-4-9-25(22)29(31)21-33-24-17-14-23(15-18-24)32-28-12-7-11-26(28)27-10-5-6-13-30(27)34-32/h3-11,13-19,21,26,28,32,34H,2,12,20H2,1H3/t26-,28-,32+/m1/s1. The predicted molar refractivity (Wildman–Crippen MR) is 146 cm³/mol. The van der Waals surface area contributed by atoms with Crippen LogP contribution in [0.1, 0.15) is 48.4 Å². The maximum atomic E-state index is 6.04. The lowest BCUT2D eigenvalue weighted by Gasteiger charge is -2.37. The van der Waals surface area contributed by atoms with E-state index in [-0.39, 0.29) is 0 Å². The number of allylic oxidation sites excluding steroid dienone is 2. The number of para-hydroxylation sites is 1. The van der Waals surface area contributed by atoms with Gasteiger partial charge in [0.25, 0.3) is 0 Å². The molecule has 174 valence electrons. The molecule has 1 aliphatic carbocycles. The van der Waals surface area contributed by atoms with Crippen LogP contribution in [-0.2, 0) is 0 Å². The van der Waals surface area contributed by atoms with Gasteiger partial charge in [0.2, 0.25) is 0 Å². The van der Waals surface area contributed by atoms with Crippen LogP contribution in [0.3, 0.4) is 0 Å². The third-order valence-corrected chi connectivity index (χ3v) is 7.26. The van der Waals surface area contributed by atoms with Crippen molar-refractivity contribution in [2.45, 2.75) is 31.7 Å². The van der Waals surface area contributed by atoms with E-state index in [4.69, 9.17) is 9.73 Å². The zero-order valence-electron chi connectivity index (χ0n) is 20.0. The molecule has 0 spiro atoms. The molecule has 0 saturated heterocycles. The monoisotopic (exact) mass is 458 g/mol. The molecule has 3 heteroatoms. The van der Waals surface area contributed by atoms with Crippen LogP contribution >= 0.6 is 0 Å². The summed E-state index contributed by atoms with van der Waals surface area (Å²) in [5.41, 5.74) is 5.96. The highest BCUT2D eigenvalue weighted by Gasteiger charge is 2.37. The number of ether oxygens (including phenoxy) is 1. The lowest BCUT2D eigenvalue weighted by atomic mass is 9.77. The van der Waals surface area contributed by atoms with Gasteiger partial charge in [0.15, 0.2) is 0 Å². The van der Waals surface area contributed by atoms with Crippen LogP contribution in [0.4, 0.5) is 11.4 Å². The van der Waals surface area contributed by atoms with Gasteiger partial charge in [-0.05, 0) is 64.9 Å². The van der Waals surface area contributed by atoms with E-state index in [1.165, 1.54) is 22.2 Å². The lowest BCUT2D eigenvalue weighted by molar-refractivity contribution is 0.317. The fourth-order valence-electron chi connectivity index (χ4n) is 5.53. The topological polar surface area (TPSA) is 33.6 Å². The predicted octanol–water partition coefficient (Wildman–Crippen LogP) is 8.21. The summed E-state index contributed by atoms with van der Waals surface area (Å²) in [5, 5.41) is 6.16. The van der Waals surface area contributed by atoms with Crippen molar-refractivity contribution in [1.82, 2.24) is 0 Å². The lowest BCUT2D eigenvalue weighted by Crippen LogP contribution is -2.28. The van der Waals surface area contributed by atoms with Crippen LogP contribution in [0.25, 0.3) is 10.8 Å². The minimum Gasteiger partial charge on any atom is -0.493 e. The van der Waals surface area contributed by atoms with E-state index in [9.17, 15) is 0 Å². The fourth-order valence-corrected chi connectivity index (χ4v) is 5.53. The Morgan fingerprint density at radius 2 is 1.77 bits per heavy atom. The molecular weight excluding hydrogens is 428 g/mol. The Morgan fingerprint density at radius 3 is 2.66 bits per heavy atom. The number of anilines is 1. The molecule has 4 aromatic rings. The highest BCUT2D eigenvalue weighted by atomic mass is 16.5. The quantitative estimate of drug-likeness (QED) is 0.233. The van der Waals surface area contributed by atoms with Crippen molar-refractivity contribution in [2.24, 2.45) is 10.9 Å². The first-order valence-corrected chi connectivity index (χ1v) is 12.6. The maximum Gasteiger partial charge on any atom is 0.128 e. The average Bonchev–Trinajstić information content (AvgIpc) is 3.41. The van der Waals surface area contributed by atoms with Crippen molar-refractivity contribution in [3.8, 4) is 5.75 Å². The molecule has 3 nitrogen and oxygen atoms in total. The number of nitrogens with one attached hydrogen (secondary N) is 1. The molecule has 6 rings (SSSR count). The second-order valence-electron chi connectivity index (χ2n) is 9.46. The van der Waals surface area contributed by atoms with Gasteiger partial charge in [-0.1, -0.05) is 79.7 Å². The first-order valence-electron chi connectivity index (χ1n) is 12.6. The molecule has 1 N–H and O–H groups in total. The minimum absolute atomic E-state index is 0.301. The van der Waals surface area contributed by atoms with Gasteiger partial charge in [-0.15, -0.1) is 0 Å². The maximum absolute atomic E-state index is 6.04. The molecule has 1 heterocycles. The smallest absolute Gasteiger partial charge is 0.128 e. The Morgan fingerprint density at radius 1 is 0.943 bits per heavy atom. The summed E-state index contributed by atoms with van der Waals surface area (Å²) < 4.78 is 6.04. The minimum atomic E-state index is 0.301. The van der Waals surface area contributed by atoms with Crippen molar-refractivity contribution in [3.05, 3.63) is 114 Å². The Bertz CT molecular complexity index is 1400. The molecule has 35 heavy (non-hydrogen) atoms. The van der Waals surface area contributed by atoms with Gasteiger partial charge < -0.3 is 10.1 Å². The summed E-state index contributed by atoms with van der Waals surface area (Å²) in [4.78, 5) is 4.85. The molecule has 0 bridgehead atoms. The van der Waals surface area contributed by atoms with Gasteiger partial charge in [0.05, 0.1) is 18.3 Å². The number of hydrogen-bond acceptors (Lipinski definition) is 3. The van der Waals surface area contributed by atoms with Crippen molar-refractivity contribution in [3.63, 3.8) is 0 Å². The summed E-state index contributed by atoms with van der Waals surface area (Å²) in [7, 11) is 0. The molecule has 0 saturated carbocycles. The van der Waals surface area contributed by atoms with Crippen LogP contribution in [0.15, 0.2) is 102 Å². The van der Waals surface area contributed by atoms with Crippen LogP contribution in [-0.4, -0.2) is 12.8 Å². The molecule has 4 aromatic carbocycles. The molecule has 0 radical (unpaired) electrons. The Hall–Kier alpha value is -3.85. The molecular formula is C32H30N2O. The van der Waals surface area contributed by atoms with Crippen LogP contribution in [0, 0.1) is 5.92 Å². The van der Waals surface area contributed by atoms with Crippen LogP contribution in [0.5, 0.6) is 5.75 Å². The van der Waals surface area contributed by atoms with E-state index in [0.29, 0.717) is 24.5 Å². The number of nitrogens with zero attached hydrogens (tertiary/aromatic N) is 1. The van der Waals surface area contributed by atoms with Crippen LogP contribution < -0.4 is 10.1 Å². The van der Waals surface area contributed by atoms with Crippen molar-refractivity contribution in [1.29, 1.82) is 0 Å². The van der Waals surface area contributed by atoms with Crippen molar-refractivity contribution < 1.29 is 4.74 Å². The Kier molecular flexibility index (Phi) is 5.83. The zero-order chi connectivity index (χ0) is 23.6. The zero-order valence-corrected chi connectivity index (χ0v) is 20.0. The summed E-state index contributed by atoms with van der Waals surface area (Å²) >= 11 is 0. The molecule has 0 aromatic heterocycles. The average molecular weight is 459 g/mol.